The van der Waals surface area contributed by atoms with Crippen LogP contribution in [0.3, 0.4) is 0 Å². The molecule has 3 aromatic rings. The van der Waals surface area contributed by atoms with Gasteiger partial charge in [0.05, 0.1) is 0 Å². The quantitative estimate of drug-likeness (QED) is 0.765. The van der Waals surface area contributed by atoms with Crippen LogP contribution >= 0.6 is 0 Å². The molecule has 0 aliphatic heterocycles. The maximum atomic E-state index is 13.0. The van der Waals surface area contributed by atoms with Crippen LogP contribution < -0.4 is 5.32 Å². The SMILES string of the molecule is CNCc1cn(Cc2ccc(F)cc2)c2ccccc12. The lowest BCUT2D eigenvalue weighted by Gasteiger charge is -2.05. The van der Waals surface area contributed by atoms with Gasteiger partial charge in [-0.05, 0) is 36.4 Å². The van der Waals surface area contributed by atoms with E-state index < -0.39 is 0 Å². The molecule has 1 aromatic heterocycles. The fraction of sp³-hybridized carbons (Fsp3) is 0.176. The van der Waals surface area contributed by atoms with Gasteiger partial charge in [0, 0.05) is 30.2 Å². The number of nitrogens with one attached hydrogen (secondary N) is 1. The highest BCUT2D eigenvalue weighted by Gasteiger charge is 2.07. The highest BCUT2D eigenvalue weighted by Crippen LogP contribution is 2.22. The van der Waals surface area contributed by atoms with E-state index >= 15 is 0 Å². The second-order valence-electron chi connectivity index (χ2n) is 4.96. The Morgan fingerprint density at radius 3 is 2.55 bits per heavy atom. The van der Waals surface area contributed by atoms with Crippen LogP contribution in [0.2, 0.25) is 0 Å². The zero-order chi connectivity index (χ0) is 13.9. The molecule has 0 atom stereocenters. The van der Waals surface area contributed by atoms with Crippen LogP contribution in [0.4, 0.5) is 4.39 Å². The Morgan fingerprint density at radius 1 is 1.05 bits per heavy atom. The fourth-order valence-corrected chi connectivity index (χ4v) is 2.57. The van der Waals surface area contributed by atoms with Gasteiger partial charge in [-0.15, -0.1) is 0 Å². The molecule has 20 heavy (non-hydrogen) atoms. The van der Waals surface area contributed by atoms with Crippen LogP contribution in [-0.2, 0) is 13.1 Å². The average molecular weight is 268 g/mol. The molecule has 3 rings (SSSR count). The number of halogens is 1. The van der Waals surface area contributed by atoms with Crippen molar-refractivity contribution >= 4 is 10.9 Å². The first-order valence-electron chi connectivity index (χ1n) is 6.74. The summed E-state index contributed by atoms with van der Waals surface area (Å²) in [5.41, 5.74) is 3.59. The molecule has 0 radical (unpaired) electrons. The topological polar surface area (TPSA) is 17.0 Å². The van der Waals surface area contributed by atoms with Crippen molar-refractivity contribution in [3.63, 3.8) is 0 Å². The molecule has 0 saturated carbocycles. The molecule has 3 heteroatoms. The van der Waals surface area contributed by atoms with E-state index in [1.54, 1.807) is 0 Å². The number of fused-ring (bicyclic) bond motifs is 1. The van der Waals surface area contributed by atoms with Crippen LogP contribution in [0.15, 0.2) is 54.7 Å². The lowest BCUT2D eigenvalue weighted by Crippen LogP contribution is -2.04. The van der Waals surface area contributed by atoms with Crippen LogP contribution in [0, 0.1) is 5.82 Å². The first kappa shape index (κ1) is 12.9. The van der Waals surface area contributed by atoms with E-state index in [1.807, 2.05) is 25.2 Å². The maximum absolute atomic E-state index is 13.0. The van der Waals surface area contributed by atoms with E-state index in [9.17, 15) is 4.39 Å². The van der Waals surface area contributed by atoms with Gasteiger partial charge in [-0.3, -0.25) is 0 Å². The molecule has 1 N–H and O–H groups in total. The van der Waals surface area contributed by atoms with Gasteiger partial charge in [-0.25, -0.2) is 4.39 Å². The third-order valence-corrected chi connectivity index (χ3v) is 3.50. The van der Waals surface area contributed by atoms with Crippen molar-refractivity contribution in [1.82, 2.24) is 9.88 Å². The van der Waals surface area contributed by atoms with Gasteiger partial charge in [-0.2, -0.15) is 0 Å². The highest BCUT2D eigenvalue weighted by molar-refractivity contribution is 5.84. The van der Waals surface area contributed by atoms with Crippen molar-refractivity contribution in [1.29, 1.82) is 0 Å². The summed E-state index contributed by atoms with van der Waals surface area (Å²) in [4.78, 5) is 0. The first-order chi connectivity index (χ1) is 9.78. The number of hydrogen-bond donors (Lipinski definition) is 1. The van der Waals surface area contributed by atoms with Gasteiger partial charge in [-0.1, -0.05) is 30.3 Å². The molecule has 1 heterocycles. The second kappa shape index (κ2) is 5.47. The number of rotatable bonds is 4. The molecular formula is C17H17FN2. The first-order valence-corrected chi connectivity index (χ1v) is 6.74. The predicted molar refractivity (Wildman–Crippen MR) is 80.2 cm³/mol. The number of nitrogens with zero attached hydrogens (tertiary/aromatic N) is 1. The Balaban J connectivity index is 2.00. The van der Waals surface area contributed by atoms with Crippen molar-refractivity contribution in [2.45, 2.75) is 13.1 Å². The summed E-state index contributed by atoms with van der Waals surface area (Å²) < 4.78 is 15.2. The normalized spacial score (nSPS) is 11.1. The summed E-state index contributed by atoms with van der Waals surface area (Å²) in [5.74, 6) is -0.193. The average Bonchev–Trinajstić information content (AvgIpc) is 2.81. The third kappa shape index (κ3) is 2.45. The molecule has 0 aliphatic rings. The largest absolute Gasteiger partial charge is 0.343 e. The molecule has 0 saturated heterocycles. The minimum atomic E-state index is -0.193. The highest BCUT2D eigenvalue weighted by atomic mass is 19.1. The zero-order valence-electron chi connectivity index (χ0n) is 11.4. The summed E-state index contributed by atoms with van der Waals surface area (Å²) in [6.45, 7) is 1.60. The second-order valence-corrected chi connectivity index (χ2v) is 4.96. The van der Waals surface area contributed by atoms with Gasteiger partial charge < -0.3 is 9.88 Å². The Labute approximate surface area is 117 Å². The molecule has 0 unspecified atom stereocenters. The minimum absolute atomic E-state index is 0.193. The maximum Gasteiger partial charge on any atom is 0.123 e. The fourth-order valence-electron chi connectivity index (χ4n) is 2.57. The number of benzene rings is 2. The lowest BCUT2D eigenvalue weighted by atomic mass is 10.2. The Bertz CT molecular complexity index is 713. The zero-order valence-corrected chi connectivity index (χ0v) is 11.4. The van der Waals surface area contributed by atoms with E-state index in [4.69, 9.17) is 0 Å². The van der Waals surface area contributed by atoms with Gasteiger partial charge in [0.15, 0.2) is 0 Å². The Kier molecular flexibility index (Phi) is 3.52. The molecule has 0 amide bonds. The Hall–Kier alpha value is -2.13. The summed E-state index contributed by atoms with van der Waals surface area (Å²) >= 11 is 0. The van der Waals surface area contributed by atoms with E-state index in [-0.39, 0.29) is 5.82 Å². The number of hydrogen-bond acceptors (Lipinski definition) is 1. The van der Waals surface area contributed by atoms with Crippen molar-refractivity contribution in [3.05, 3.63) is 71.7 Å². The molecule has 2 nitrogen and oxygen atoms in total. The third-order valence-electron chi connectivity index (χ3n) is 3.50. The van der Waals surface area contributed by atoms with Crippen molar-refractivity contribution in [3.8, 4) is 0 Å². The molecule has 0 spiro atoms. The van der Waals surface area contributed by atoms with Gasteiger partial charge in [0.2, 0.25) is 0 Å². The summed E-state index contributed by atoms with van der Waals surface area (Å²) in [6, 6.07) is 15.1. The van der Waals surface area contributed by atoms with E-state index in [1.165, 1.54) is 28.6 Å². The van der Waals surface area contributed by atoms with E-state index in [0.717, 1.165) is 18.7 Å². The van der Waals surface area contributed by atoms with Crippen molar-refractivity contribution in [2.75, 3.05) is 7.05 Å². The van der Waals surface area contributed by atoms with E-state index in [2.05, 4.69) is 34.3 Å². The van der Waals surface area contributed by atoms with Crippen LogP contribution in [0.25, 0.3) is 10.9 Å². The predicted octanol–water partition coefficient (Wildman–Crippen LogP) is 3.55. The van der Waals surface area contributed by atoms with Gasteiger partial charge in [0.1, 0.15) is 5.82 Å². The molecule has 0 bridgehead atoms. The molecule has 2 aromatic carbocycles. The summed E-state index contributed by atoms with van der Waals surface area (Å²) in [6.07, 6.45) is 2.17. The van der Waals surface area contributed by atoms with Crippen LogP contribution in [0.5, 0.6) is 0 Å². The van der Waals surface area contributed by atoms with Gasteiger partial charge in [0.25, 0.3) is 0 Å². The minimum Gasteiger partial charge on any atom is -0.343 e. The molecule has 0 fully saturated rings. The lowest BCUT2D eigenvalue weighted by molar-refractivity contribution is 0.626. The van der Waals surface area contributed by atoms with Crippen LogP contribution in [-0.4, -0.2) is 11.6 Å². The monoisotopic (exact) mass is 268 g/mol. The standard InChI is InChI=1S/C17H17FN2/c1-19-10-14-12-20(17-5-3-2-4-16(14)17)11-13-6-8-15(18)9-7-13/h2-9,12,19H,10-11H2,1H3. The molecule has 0 aliphatic carbocycles. The molecule has 102 valence electrons. The smallest absolute Gasteiger partial charge is 0.123 e. The van der Waals surface area contributed by atoms with Crippen molar-refractivity contribution in [2.24, 2.45) is 0 Å². The van der Waals surface area contributed by atoms with Crippen molar-refractivity contribution < 1.29 is 4.39 Å². The van der Waals surface area contributed by atoms with Gasteiger partial charge >= 0.3 is 0 Å². The Morgan fingerprint density at radius 2 is 1.80 bits per heavy atom. The summed E-state index contributed by atoms with van der Waals surface area (Å²) in [7, 11) is 1.95. The molecular weight excluding hydrogens is 251 g/mol. The number of para-hydroxylation sites is 1. The number of aromatic nitrogens is 1. The summed E-state index contributed by atoms with van der Waals surface area (Å²) in [5, 5.41) is 4.47. The van der Waals surface area contributed by atoms with E-state index in [0.29, 0.717) is 0 Å². The van der Waals surface area contributed by atoms with Crippen LogP contribution in [0.1, 0.15) is 11.1 Å².